The second-order valence-electron chi connectivity index (χ2n) is 3.10. The van der Waals surface area contributed by atoms with Crippen molar-refractivity contribution in [2.45, 2.75) is 33.4 Å². The van der Waals surface area contributed by atoms with Gasteiger partial charge in [0, 0.05) is 5.57 Å². The molecular weight excluding hydrogens is 180 g/mol. The maximum atomic E-state index is 10.5. The van der Waals surface area contributed by atoms with Gasteiger partial charge < -0.3 is 15.7 Å². The topological polar surface area (TPSA) is 61.4 Å². The van der Waals surface area contributed by atoms with E-state index in [9.17, 15) is 4.79 Å². The van der Waals surface area contributed by atoms with E-state index in [1.807, 2.05) is 13.8 Å². The summed E-state index contributed by atoms with van der Waals surface area (Å²) < 4.78 is 0. The van der Waals surface area contributed by atoms with Gasteiger partial charge in [-0.1, -0.05) is 19.9 Å². The van der Waals surface area contributed by atoms with Crippen molar-refractivity contribution in [1.29, 1.82) is 0 Å². The molecule has 0 aliphatic carbocycles. The summed E-state index contributed by atoms with van der Waals surface area (Å²) in [6, 6.07) is 0. The second-order valence-corrected chi connectivity index (χ2v) is 3.10. The first-order valence-electron chi connectivity index (χ1n) is 4.98. The molecule has 4 nitrogen and oxygen atoms in total. The molecule has 0 unspecified atom stereocenters. The fourth-order valence-corrected chi connectivity index (χ4v) is 1.11. The summed E-state index contributed by atoms with van der Waals surface area (Å²) in [5.41, 5.74) is 0.394. The first-order valence-corrected chi connectivity index (χ1v) is 4.98. The molecule has 14 heavy (non-hydrogen) atoms. The summed E-state index contributed by atoms with van der Waals surface area (Å²) in [7, 11) is 0. The van der Waals surface area contributed by atoms with Crippen LogP contribution in [-0.4, -0.2) is 30.3 Å². The zero-order valence-corrected chi connectivity index (χ0v) is 9.13. The fourth-order valence-electron chi connectivity index (χ4n) is 1.11. The summed E-state index contributed by atoms with van der Waals surface area (Å²) >= 11 is 0. The van der Waals surface area contributed by atoms with E-state index in [-0.39, 0.29) is 6.17 Å². The van der Waals surface area contributed by atoms with E-state index in [2.05, 4.69) is 10.6 Å². The number of hydrogen-bond acceptors (Lipinski definition) is 3. The van der Waals surface area contributed by atoms with Crippen LogP contribution in [0.3, 0.4) is 0 Å². The van der Waals surface area contributed by atoms with E-state index < -0.39 is 5.97 Å². The van der Waals surface area contributed by atoms with Crippen LogP contribution in [0.2, 0.25) is 0 Å². The third-order valence-corrected chi connectivity index (χ3v) is 1.90. The summed E-state index contributed by atoms with van der Waals surface area (Å²) in [4.78, 5) is 10.5. The molecule has 0 radical (unpaired) electrons. The highest BCUT2D eigenvalue weighted by Crippen LogP contribution is 1.97. The van der Waals surface area contributed by atoms with Crippen molar-refractivity contribution in [3.05, 3.63) is 11.6 Å². The van der Waals surface area contributed by atoms with Crippen molar-refractivity contribution in [2.75, 3.05) is 13.1 Å². The van der Waals surface area contributed by atoms with Crippen LogP contribution < -0.4 is 10.6 Å². The molecule has 0 heterocycles. The zero-order chi connectivity index (χ0) is 11.0. The van der Waals surface area contributed by atoms with Crippen LogP contribution in [0.1, 0.15) is 27.2 Å². The summed E-state index contributed by atoms with van der Waals surface area (Å²) in [5.74, 6) is -0.850. The minimum absolute atomic E-state index is 0.166. The predicted octanol–water partition coefficient (Wildman–Crippen LogP) is 0.952. The second kappa shape index (κ2) is 7.53. The Balaban J connectivity index is 4.02. The molecule has 0 bridgehead atoms. The number of carbonyl (C=O) groups is 1. The van der Waals surface area contributed by atoms with Crippen molar-refractivity contribution in [1.82, 2.24) is 10.6 Å². The van der Waals surface area contributed by atoms with Gasteiger partial charge in [0.05, 0.1) is 6.17 Å². The van der Waals surface area contributed by atoms with Crippen LogP contribution in [0.25, 0.3) is 0 Å². The normalized spacial score (nSPS) is 12.1. The maximum absolute atomic E-state index is 10.5. The Morgan fingerprint density at radius 3 is 2.21 bits per heavy atom. The molecule has 82 valence electrons. The molecule has 0 aromatic heterocycles. The molecule has 0 aliphatic heterocycles. The minimum atomic E-state index is -0.850. The molecule has 3 N–H and O–H groups in total. The van der Waals surface area contributed by atoms with Crippen molar-refractivity contribution in [2.24, 2.45) is 0 Å². The SMILES string of the molecule is CCNC(CC=C(C)C(=O)O)NCC. The van der Waals surface area contributed by atoms with Crippen LogP contribution in [0.4, 0.5) is 0 Å². The monoisotopic (exact) mass is 200 g/mol. The zero-order valence-electron chi connectivity index (χ0n) is 9.13. The molecule has 0 aromatic rings. The van der Waals surface area contributed by atoms with Crippen LogP contribution in [0.5, 0.6) is 0 Å². The van der Waals surface area contributed by atoms with Crippen molar-refractivity contribution < 1.29 is 9.90 Å². The van der Waals surface area contributed by atoms with Crippen molar-refractivity contribution >= 4 is 5.97 Å². The average molecular weight is 200 g/mol. The van der Waals surface area contributed by atoms with Crippen LogP contribution in [-0.2, 0) is 4.79 Å². The van der Waals surface area contributed by atoms with Gasteiger partial charge >= 0.3 is 5.97 Å². The van der Waals surface area contributed by atoms with E-state index in [1.165, 1.54) is 0 Å². The van der Waals surface area contributed by atoms with E-state index in [0.717, 1.165) is 13.1 Å². The predicted molar refractivity (Wildman–Crippen MR) is 57.2 cm³/mol. The summed E-state index contributed by atoms with van der Waals surface area (Å²) in [5, 5.41) is 15.1. The van der Waals surface area contributed by atoms with Gasteiger partial charge in [-0.25, -0.2) is 4.79 Å². The Hall–Kier alpha value is -0.870. The van der Waals surface area contributed by atoms with Gasteiger partial charge in [-0.05, 0) is 26.4 Å². The molecular formula is C10H20N2O2. The largest absolute Gasteiger partial charge is 0.478 e. The number of nitrogens with one attached hydrogen (secondary N) is 2. The number of carboxylic acid groups (broad SMARTS) is 1. The first-order chi connectivity index (χ1) is 6.61. The molecule has 0 aliphatic rings. The van der Waals surface area contributed by atoms with Gasteiger partial charge in [0.1, 0.15) is 0 Å². The number of carboxylic acids is 1. The third-order valence-electron chi connectivity index (χ3n) is 1.90. The number of rotatable bonds is 7. The smallest absolute Gasteiger partial charge is 0.330 e. The van der Waals surface area contributed by atoms with E-state index in [0.29, 0.717) is 12.0 Å². The maximum Gasteiger partial charge on any atom is 0.330 e. The third kappa shape index (κ3) is 5.72. The fraction of sp³-hybridized carbons (Fsp3) is 0.700. The molecule has 4 heteroatoms. The minimum Gasteiger partial charge on any atom is -0.478 e. The van der Waals surface area contributed by atoms with Gasteiger partial charge in [0.15, 0.2) is 0 Å². The van der Waals surface area contributed by atoms with Crippen molar-refractivity contribution in [3.63, 3.8) is 0 Å². The Morgan fingerprint density at radius 2 is 1.86 bits per heavy atom. The molecule has 0 fully saturated rings. The van der Waals surface area contributed by atoms with Gasteiger partial charge in [-0.15, -0.1) is 0 Å². The van der Waals surface area contributed by atoms with E-state index in [1.54, 1.807) is 13.0 Å². The van der Waals surface area contributed by atoms with Gasteiger partial charge in [0.2, 0.25) is 0 Å². The van der Waals surface area contributed by atoms with Crippen LogP contribution in [0, 0.1) is 0 Å². The lowest BCUT2D eigenvalue weighted by atomic mass is 10.2. The first kappa shape index (κ1) is 13.1. The molecule has 0 aromatic carbocycles. The quantitative estimate of drug-likeness (QED) is 0.423. The Morgan fingerprint density at radius 1 is 1.36 bits per heavy atom. The van der Waals surface area contributed by atoms with Crippen molar-refractivity contribution in [3.8, 4) is 0 Å². The Bertz CT molecular complexity index is 196. The highest BCUT2D eigenvalue weighted by Gasteiger charge is 2.04. The van der Waals surface area contributed by atoms with E-state index in [4.69, 9.17) is 5.11 Å². The molecule has 0 spiro atoms. The number of aliphatic carboxylic acids is 1. The molecule has 0 saturated heterocycles. The highest BCUT2D eigenvalue weighted by molar-refractivity contribution is 5.85. The van der Waals surface area contributed by atoms with Crippen LogP contribution in [0.15, 0.2) is 11.6 Å². The average Bonchev–Trinajstić information content (AvgIpc) is 2.14. The standard InChI is InChI=1S/C10H20N2O2/c1-4-11-9(12-5-2)7-6-8(3)10(13)14/h6,9,11-12H,4-5,7H2,1-3H3,(H,13,14). The van der Waals surface area contributed by atoms with E-state index >= 15 is 0 Å². The highest BCUT2D eigenvalue weighted by atomic mass is 16.4. The molecule has 0 rings (SSSR count). The Kier molecular flexibility index (Phi) is 7.06. The van der Waals surface area contributed by atoms with Crippen LogP contribution >= 0.6 is 0 Å². The molecule has 0 amide bonds. The summed E-state index contributed by atoms with van der Waals surface area (Å²) in [6.45, 7) is 7.41. The number of hydrogen-bond donors (Lipinski definition) is 3. The van der Waals surface area contributed by atoms with Gasteiger partial charge in [0.25, 0.3) is 0 Å². The summed E-state index contributed by atoms with van der Waals surface area (Å²) in [6.07, 6.45) is 2.59. The van der Waals surface area contributed by atoms with Gasteiger partial charge in [-0.2, -0.15) is 0 Å². The molecule has 0 saturated carbocycles. The lowest BCUT2D eigenvalue weighted by Crippen LogP contribution is -2.41. The lowest BCUT2D eigenvalue weighted by Gasteiger charge is -2.16. The van der Waals surface area contributed by atoms with Gasteiger partial charge in [-0.3, -0.25) is 0 Å². The molecule has 0 atom stereocenters. The lowest BCUT2D eigenvalue weighted by molar-refractivity contribution is -0.132. The Labute approximate surface area is 85.4 Å².